The van der Waals surface area contributed by atoms with Gasteiger partial charge < -0.3 is 15.4 Å². The van der Waals surface area contributed by atoms with Crippen LogP contribution < -0.4 is 15.4 Å². The molecule has 1 aliphatic carbocycles. The Morgan fingerprint density at radius 2 is 1.86 bits per heavy atom. The van der Waals surface area contributed by atoms with Gasteiger partial charge in [-0.1, -0.05) is 18.2 Å². The van der Waals surface area contributed by atoms with Gasteiger partial charge in [-0.2, -0.15) is 0 Å². The van der Waals surface area contributed by atoms with Gasteiger partial charge in [-0.05, 0) is 62.1 Å². The Morgan fingerprint density at radius 1 is 1.07 bits per heavy atom. The minimum absolute atomic E-state index is 0.0330. The van der Waals surface area contributed by atoms with Gasteiger partial charge in [0.2, 0.25) is 0 Å². The predicted molar refractivity (Wildman–Crippen MR) is 112 cm³/mol. The van der Waals surface area contributed by atoms with Crippen molar-refractivity contribution in [2.24, 2.45) is 0 Å². The van der Waals surface area contributed by atoms with Crippen molar-refractivity contribution in [2.45, 2.75) is 26.2 Å². The summed E-state index contributed by atoms with van der Waals surface area (Å²) < 4.78 is 5.45. The standard InChI is InChI=1S/C23H23N3O3/c1-2-24-21(27)14-29-16-12-10-15(11-13-16)25-23(28)22-17-6-3-4-8-19(17)26-20-9-5-7-18(20)22/h3-4,6,8,10-13H,2,5,7,9,14H2,1H3,(H,24,27)(H,25,28). The highest BCUT2D eigenvalue weighted by atomic mass is 16.5. The Morgan fingerprint density at radius 3 is 2.66 bits per heavy atom. The summed E-state index contributed by atoms with van der Waals surface area (Å²) in [5.74, 6) is 0.283. The summed E-state index contributed by atoms with van der Waals surface area (Å²) in [5.41, 5.74) is 4.34. The largest absolute Gasteiger partial charge is 0.484 e. The van der Waals surface area contributed by atoms with Crippen LogP contribution in [0.1, 0.15) is 35.0 Å². The van der Waals surface area contributed by atoms with Crippen LogP contribution in [0, 0.1) is 0 Å². The zero-order valence-corrected chi connectivity index (χ0v) is 16.3. The number of hydrogen-bond acceptors (Lipinski definition) is 4. The Bertz CT molecular complexity index is 1060. The number of nitrogens with zero attached hydrogens (tertiary/aromatic N) is 1. The molecule has 1 aromatic heterocycles. The number of likely N-dealkylation sites (N-methyl/N-ethyl adjacent to an activating group) is 1. The van der Waals surface area contributed by atoms with E-state index >= 15 is 0 Å². The van der Waals surface area contributed by atoms with Crippen LogP contribution in [0.25, 0.3) is 10.9 Å². The van der Waals surface area contributed by atoms with Crippen molar-refractivity contribution in [3.05, 3.63) is 65.4 Å². The van der Waals surface area contributed by atoms with Crippen LogP contribution in [-0.4, -0.2) is 29.9 Å². The average molecular weight is 389 g/mol. The highest BCUT2D eigenvalue weighted by Crippen LogP contribution is 2.30. The topological polar surface area (TPSA) is 80.3 Å². The van der Waals surface area contributed by atoms with Crippen LogP contribution in [0.4, 0.5) is 5.69 Å². The zero-order chi connectivity index (χ0) is 20.2. The molecule has 0 aliphatic heterocycles. The van der Waals surface area contributed by atoms with Crippen molar-refractivity contribution < 1.29 is 14.3 Å². The minimum Gasteiger partial charge on any atom is -0.484 e. The normalized spacial score (nSPS) is 12.4. The number of carbonyl (C=O) groups is 2. The van der Waals surface area contributed by atoms with Crippen LogP contribution in [0.2, 0.25) is 0 Å². The second kappa shape index (κ2) is 8.31. The fraction of sp³-hybridized carbons (Fsp3) is 0.261. The molecule has 148 valence electrons. The summed E-state index contributed by atoms with van der Waals surface area (Å²) in [6, 6.07) is 14.8. The van der Waals surface area contributed by atoms with E-state index in [4.69, 9.17) is 9.72 Å². The molecule has 1 aliphatic rings. The number of aromatic nitrogens is 1. The first kappa shape index (κ1) is 18.9. The SMILES string of the molecule is CCNC(=O)COc1ccc(NC(=O)c2c3c(nc4ccccc24)CCC3)cc1. The molecule has 0 radical (unpaired) electrons. The van der Waals surface area contributed by atoms with E-state index in [1.807, 2.05) is 31.2 Å². The molecule has 0 saturated heterocycles. The number of pyridine rings is 1. The number of anilines is 1. The van der Waals surface area contributed by atoms with Crippen LogP contribution in [0.3, 0.4) is 0 Å². The molecule has 29 heavy (non-hydrogen) atoms. The van der Waals surface area contributed by atoms with Gasteiger partial charge in [0.05, 0.1) is 11.1 Å². The van der Waals surface area contributed by atoms with E-state index < -0.39 is 0 Å². The maximum absolute atomic E-state index is 13.1. The molecule has 2 aromatic carbocycles. The van der Waals surface area contributed by atoms with Crippen LogP contribution in [0.15, 0.2) is 48.5 Å². The summed E-state index contributed by atoms with van der Waals surface area (Å²) in [4.78, 5) is 29.4. The van der Waals surface area contributed by atoms with Crippen molar-refractivity contribution in [3.63, 3.8) is 0 Å². The maximum Gasteiger partial charge on any atom is 0.257 e. The first-order chi connectivity index (χ1) is 14.2. The molecule has 3 aromatic rings. The molecule has 2 amide bonds. The molecular weight excluding hydrogens is 366 g/mol. The Labute approximate surface area is 169 Å². The van der Waals surface area contributed by atoms with Crippen molar-refractivity contribution >= 4 is 28.4 Å². The maximum atomic E-state index is 13.1. The van der Waals surface area contributed by atoms with Gasteiger partial charge in [0.1, 0.15) is 5.75 Å². The molecule has 2 N–H and O–H groups in total. The lowest BCUT2D eigenvalue weighted by molar-refractivity contribution is -0.122. The lowest BCUT2D eigenvalue weighted by Crippen LogP contribution is -2.28. The van der Waals surface area contributed by atoms with Crippen molar-refractivity contribution in [2.75, 3.05) is 18.5 Å². The number of nitrogens with one attached hydrogen (secondary N) is 2. The monoisotopic (exact) mass is 389 g/mol. The molecule has 0 bridgehead atoms. The predicted octanol–water partition coefficient (Wildman–Crippen LogP) is 3.49. The van der Waals surface area contributed by atoms with E-state index in [0.29, 0.717) is 18.0 Å². The Kier molecular flexibility index (Phi) is 5.42. The number of ether oxygens (including phenoxy) is 1. The van der Waals surface area contributed by atoms with Gasteiger partial charge in [0, 0.05) is 23.3 Å². The number of fused-ring (bicyclic) bond motifs is 2. The van der Waals surface area contributed by atoms with Gasteiger partial charge in [-0.25, -0.2) is 0 Å². The fourth-order valence-corrected chi connectivity index (χ4v) is 3.70. The molecule has 0 saturated carbocycles. The smallest absolute Gasteiger partial charge is 0.257 e. The number of carbonyl (C=O) groups excluding carboxylic acids is 2. The van der Waals surface area contributed by atoms with Crippen LogP contribution in [-0.2, 0) is 17.6 Å². The molecule has 0 atom stereocenters. The van der Waals surface area contributed by atoms with Crippen molar-refractivity contribution in [3.8, 4) is 5.75 Å². The zero-order valence-electron chi connectivity index (χ0n) is 16.3. The third kappa shape index (κ3) is 4.06. The van der Waals surface area contributed by atoms with E-state index in [1.54, 1.807) is 24.3 Å². The molecular formula is C23H23N3O3. The first-order valence-corrected chi connectivity index (χ1v) is 9.87. The number of para-hydroxylation sites is 1. The average Bonchev–Trinajstić information content (AvgIpc) is 3.19. The van der Waals surface area contributed by atoms with Crippen LogP contribution >= 0.6 is 0 Å². The third-order valence-corrected chi connectivity index (χ3v) is 5.00. The highest BCUT2D eigenvalue weighted by molar-refractivity contribution is 6.13. The van der Waals surface area contributed by atoms with Crippen LogP contribution in [0.5, 0.6) is 5.75 Å². The van der Waals surface area contributed by atoms with E-state index in [-0.39, 0.29) is 18.4 Å². The summed E-state index contributed by atoms with van der Waals surface area (Å²) in [7, 11) is 0. The molecule has 6 heteroatoms. The summed E-state index contributed by atoms with van der Waals surface area (Å²) in [6.45, 7) is 2.39. The van der Waals surface area contributed by atoms with Gasteiger partial charge in [-0.15, -0.1) is 0 Å². The number of rotatable bonds is 6. The van der Waals surface area contributed by atoms with Gasteiger partial charge in [0.25, 0.3) is 11.8 Å². The summed E-state index contributed by atoms with van der Waals surface area (Å²) >= 11 is 0. The third-order valence-electron chi connectivity index (χ3n) is 5.00. The Balaban J connectivity index is 1.52. The van der Waals surface area contributed by atoms with Crippen molar-refractivity contribution in [1.82, 2.24) is 10.3 Å². The van der Waals surface area contributed by atoms with E-state index in [1.165, 1.54) is 0 Å². The molecule has 0 spiro atoms. The minimum atomic E-state index is -0.164. The summed E-state index contributed by atoms with van der Waals surface area (Å²) in [5, 5.41) is 6.55. The lowest BCUT2D eigenvalue weighted by atomic mass is 10.0. The fourth-order valence-electron chi connectivity index (χ4n) is 3.70. The van der Waals surface area contributed by atoms with Gasteiger partial charge in [-0.3, -0.25) is 14.6 Å². The van der Waals surface area contributed by atoms with Crippen molar-refractivity contribution in [1.29, 1.82) is 0 Å². The lowest BCUT2D eigenvalue weighted by Gasteiger charge is -2.13. The number of aryl methyl sites for hydroxylation is 1. The number of benzene rings is 2. The number of amides is 2. The molecule has 0 fully saturated rings. The first-order valence-electron chi connectivity index (χ1n) is 9.87. The van der Waals surface area contributed by atoms with Gasteiger partial charge >= 0.3 is 0 Å². The van der Waals surface area contributed by atoms with E-state index in [2.05, 4.69) is 10.6 Å². The molecule has 0 unspecified atom stereocenters. The Hall–Kier alpha value is -3.41. The van der Waals surface area contributed by atoms with E-state index in [9.17, 15) is 9.59 Å². The second-order valence-electron chi connectivity index (χ2n) is 7.00. The van der Waals surface area contributed by atoms with Gasteiger partial charge in [0.15, 0.2) is 6.61 Å². The highest BCUT2D eigenvalue weighted by Gasteiger charge is 2.23. The summed E-state index contributed by atoms with van der Waals surface area (Å²) in [6.07, 6.45) is 2.82. The molecule has 1 heterocycles. The second-order valence-corrected chi connectivity index (χ2v) is 7.00. The molecule has 4 rings (SSSR count). The molecule has 6 nitrogen and oxygen atoms in total. The number of hydrogen-bond donors (Lipinski definition) is 2. The quantitative estimate of drug-likeness (QED) is 0.676. The van der Waals surface area contributed by atoms with E-state index in [0.717, 1.165) is 47.0 Å².